The van der Waals surface area contributed by atoms with Crippen molar-refractivity contribution >= 4 is 29.1 Å². The van der Waals surface area contributed by atoms with Crippen molar-refractivity contribution in [3.05, 3.63) is 47.8 Å². The van der Waals surface area contributed by atoms with Crippen molar-refractivity contribution < 1.29 is 14.3 Å². The van der Waals surface area contributed by atoms with Gasteiger partial charge in [0.25, 0.3) is 0 Å². The van der Waals surface area contributed by atoms with Crippen LogP contribution in [0.25, 0.3) is 0 Å². The Labute approximate surface area is 143 Å². The lowest BCUT2D eigenvalue weighted by atomic mass is 10.3. The molecule has 0 saturated carbocycles. The molecule has 3 rings (SSSR count). The highest BCUT2D eigenvalue weighted by Crippen LogP contribution is 2.28. The largest absolute Gasteiger partial charge is 0.487 e. The van der Waals surface area contributed by atoms with Gasteiger partial charge in [-0.2, -0.15) is 4.98 Å². The van der Waals surface area contributed by atoms with Crippen LogP contribution in [0, 0.1) is 0 Å². The first-order valence-corrected chi connectivity index (χ1v) is 7.69. The van der Waals surface area contributed by atoms with Crippen LogP contribution in [-0.2, 0) is 0 Å². The minimum Gasteiger partial charge on any atom is -0.487 e. The standard InChI is InChI=1S/C16H15ClN4O3/c17-11-4-5-13-12(8-11)19-16(22)21-14-9-18-10-15(20-14)24-7-3-1-2-6-23-13/h1-2,4-5,8-10H,3,6-7H2,(H2,19,20,21,22). The van der Waals surface area contributed by atoms with Crippen molar-refractivity contribution in [2.45, 2.75) is 6.42 Å². The number of ether oxygens (including phenoxy) is 2. The molecule has 1 aromatic carbocycles. The van der Waals surface area contributed by atoms with Gasteiger partial charge in [-0.15, -0.1) is 0 Å². The summed E-state index contributed by atoms with van der Waals surface area (Å²) < 4.78 is 11.1. The van der Waals surface area contributed by atoms with E-state index in [1.54, 1.807) is 18.2 Å². The second kappa shape index (κ2) is 7.65. The summed E-state index contributed by atoms with van der Waals surface area (Å²) in [6, 6.07) is 4.52. The molecule has 1 aromatic heterocycles. The Morgan fingerprint density at radius 2 is 2.04 bits per heavy atom. The first-order chi connectivity index (χ1) is 11.7. The van der Waals surface area contributed by atoms with Gasteiger partial charge in [-0.1, -0.05) is 23.8 Å². The second-order valence-electron chi connectivity index (χ2n) is 4.88. The molecule has 0 aliphatic carbocycles. The summed E-state index contributed by atoms with van der Waals surface area (Å²) in [6.45, 7) is 0.818. The average Bonchev–Trinajstić information content (AvgIpc) is 2.55. The predicted octanol–water partition coefficient (Wildman–Crippen LogP) is 3.49. The summed E-state index contributed by atoms with van der Waals surface area (Å²) in [7, 11) is 0. The van der Waals surface area contributed by atoms with E-state index in [1.807, 2.05) is 12.2 Å². The van der Waals surface area contributed by atoms with Gasteiger partial charge in [-0.05, 0) is 24.6 Å². The van der Waals surface area contributed by atoms with Crippen LogP contribution >= 0.6 is 11.6 Å². The van der Waals surface area contributed by atoms with Crippen LogP contribution < -0.4 is 20.1 Å². The number of carbonyl (C=O) groups is 1. The maximum Gasteiger partial charge on any atom is 0.325 e. The smallest absolute Gasteiger partial charge is 0.325 e. The number of hydrogen-bond acceptors (Lipinski definition) is 5. The molecule has 0 spiro atoms. The van der Waals surface area contributed by atoms with Crippen LogP contribution in [0.5, 0.6) is 11.6 Å². The zero-order valence-corrected chi connectivity index (χ0v) is 13.4. The highest BCUT2D eigenvalue weighted by atomic mass is 35.5. The fourth-order valence-electron chi connectivity index (χ4n) is 2.03. The topological polar surface area (TPSA) is 85.4 Å². The van der Waals surface area contributed by atoms with Crippen molar-refractivity contribution in [1.29, 1.82) is 0 Å². The van der Waals surface area contributed by atoms with Crippen LogP contribution in [0.1, 0.15) is 6.42 Å². The normalized spacial score (nSPS) is 14.8. The van der Waals surface area contributed by atoms with Crippen molar-refractivity contribution in [3.63, 3.8) is 0 Å². The van der Waals surface area contributed by atoms with Crippen LogP contribution in [0.3, 0.4) is 0 Å². The van der Waals surface area contributed by atoms with Gasteiger partial charge < -0.3 is 14.8 Å². The molecule has 0 atom stereocenters. The van der Waals surface area contributed by atoms with Gasteiger partial charge >= 0.3 is 6.03 Å². The molecule has 0 fully saturated rings. The molecular weight excluding hydrogens is 332 g/mol. The number of hydrogen-bond donors (Lipinski definition) is 2. The molecule has 124 valence electrons. The molecule has 2 bridgehead atoms. The molecule has 1 aliphatic heterocycles. The third kappa shape index (κ3) is 4.36. The van der Waals surface area contributed by atoms with Gasteiger partial charge in [0.15, 0.2) is 5.82 Å². The van der Waals surface area contributed by atoms with Crippen molar-refractivity contribution in [2.75, 3.05) is 23.8 Å². The number of aromatic nitrogens is 2. The molecule has 2 amide bonds. The maximum atomic E-state index is 12.2. The lowest BCUT2D eigenvalue weighted by Gasteiger charge is -2.12. The fourth-order valence-corrected chi connectivity index (χ4v) is 2.20. The van der Waals surface area contributed by atoms with Crippen LogP contribution in [-0.4, -0.2) is 29.2 Å². The van der Waals surface area contributed by atoms with E-state index >= 15 is 0 Å². The number of anilines is 2. The van der Waals surface area contributed by atoms with Gasteiger partial charge in [-0.25, -0.2) is 4.79 Å². The summed E-state index contributed by atoms with van der Waals surface area (Å²) in [4.78, 5) is 20.3. The molecule has 2 heterocycles. The summed E-state index contributed by atoms with van der Waals surface area (Å²) >= 11 is 5.99. The quantitative estimate of drug-likeness (QED) is 0.713. The molecule has 0 saturated heterocycles. The van der Waals surface area contributed by atoms with E-state index in [-0.39, 0.29) is 5.82 Å². The van der Waals surface area contributed by atoms with Crippen molar-refractivity contribution in [1.82, 2.24) is 9.97 Å². The van der Waals surface area contributed by atoms with Gasteiger partial charge in [0.05, 0.1) is 24.7 Å². The molecular formula is C16H15ClN4O3. The number of fused-ring (bicyclic) bond motifs is 3. The Kier molecular flexibility index (Phi) is 5.12. The Balaban J connectivity index is 1.86. The van der Waals surface area contributed by atoms with Crippen LogP contribution in [0.4, 0.5) is 16.3 Å². The number of nitrogens with zero attached hydrogens (tertiary/aromatic N) is 2. The fraction of sp³-hybridized carbons (Fsp3) is 0.188. The third-order valence-corrected chi connectivity index (χ3v) is 3.32. The van der Waals surface area contributed by atoms with E-state index in [9.17, 15) is 4.79 Å². The summed E-state index contributed by atoms with van der Waals surface area (Å²) in [5, 5.41) is 5.77. The first-order valence-electron chi connectivity index (χ1n) is 7.31. The van der Waals surface area contributed by atoms with E-state index in [0.717, 1.165) is 0 Å². The van der Waals surface area contributed by atoms with Crippen LogP contribution in [0.15, 0.2) is 42.7 Å². The van der Waals surface area contributed by atoms with Gasteiger partial charge in [0, 0.05) is 5.02 Å². The lowest BCUT2D eigenvalue weighted by Crippen LogP contribution is -2.21. The zero-order valence-electron chi connectivity index (χ0n) is 12.7. The third-order valence-electron chi connectivity index (χ3n) is 3.08. The number of nitrogens with one attached hydrogen (secondary N) is 2. The molecule has 2 N–H and O–H groups in total. The molecule has 7 nitrogen and oxygen atoms in total. The highest BCUT2D eigenvalue weighted by molar-refractivity contribution is 6.31. The lowest BCUT2D eigenvalue weighted by molar-refractivity contribution is 0.262. The Hall–Kier alpha value is -2.80. The molecule has 1 aliphatic rings. The minimum absolute atomic E-state index is 0.278. The second-order valence-corrected chi connectivity index (χ2v) is 5.32. The molecule has 0 radical (unpaired) electrons. The summed E-state index contributed by atoms with van der Waals surface area (Å²) in [6.07, 6.45) is 7.45. The number of urea groups is 1. The molecule has 8 heteroatoms. The van der Waals surface area contributed by atoms with Gasteiger partial charge in [0.1, 0.15) is 12.4 Å². The number of rotatable bonds is 0. The predicted molar refractivity (Wildman–Crippen MR) is 90.9 cm³/mol. The first kappa shape index (κ1) is 16.1. The molecule has 0 unspecified atom stereocenters. The number of amides is 2. The zero-order chi connectivity index (χ0) is 16.8. The van der Waals surface area contributed by atoms with E-state index in [4.69, 9.17) is 21.1 Å². The number of halogens is 1. The van der Waals surface area contributed by atoms with E-state index < -0.39 is 6.03 Å². The van der Waals surface area contributed by atoms with Gasteiger partial charge in [-0.3, -0.25) is 10.3 Å². The average molecular weight is 347 g/mol. The SMILES string of the molecule is O=C1Nc2cncc(n2)OCCC=CCOc2ccc(Cl)cc2N1. The van der Waals surface area contributed by atoms with E-state index in [1.165, 1.54) is 12.4 Å². The van der Waals surface area contributed by atoms with Crippen molar-refractivity contribution in [2.24, 2.45) is 0 Å². The monoisotopic (exact) mass is 346 g/mol. The molecule has 2 aromatic rings. The van der Waals surface area contributed by atoms with Crippen molar-refractivity contribution in [3.8, 4) is 11.6 Å². The van der Waals surface area contributed by atoms with Crippen LogP contribution in [0.2, 0.25) is 5.02 Å². The Morgan fingerprint density at radius 3 is 2.96 bits per heavy atom. The van der Waals surface area contributed by atoms with Gasteiger partial charge in [0.2, 0.25) is 5.88 Å². The number of benzene rings is 1. The minimum atomic E-state index is -0.487. The molecule has 24 heavy (non-hydrogen) atoms. The Bertz CT molecular complexity index is 767. The summed E-state index contributed by atoms with van der Waals surface area (Å²) in [5.41, 5.74) is 0.462. The summed E-state index contributed by atoms with van der Waals surface area (Å²) in [5.74, 6) is 1.14. The Morgan fingerprint density at radius 1 is 1.12 bits per heavy atom. The number of carbonyl (C=O) groups excluding carboxylic acids is 1. The maximum absolute atomic E-state index is 12.2. The van der Waals surface area contributed by atoms with E-state index in [0.29, 0.717) is 42.0 Å². The highest BCUT2D eigenvalue weighted by Gasteiger charge is 2.10. The van der Waals surface area contributed by atoms with E-state index in [2.05, 4.69) is 20.6 Å².